The second-order valence-electron chi connectivity index (χ2n) is 4.27. The number of ether oxygens (including phenoxy) is 1. The first-order chi connectivity index (χ1) is 10.4. The standard InChI is InChI=1S/C15H20N4O2/c1-2-16-15(18-12-13-8-10-21-19-13)17-9-11-20-14-6-4-3-5-7-14/h3-8,10H,2,9,11-12H2,1H3,(H2,16,17,18). The minimum absolute atomic E-state index is 0.478. The maximum atomic E-state index is 5.61. The Bertz CT molecular complexity index is 526. The summed E-state index contributed by atoms with van der Waals surface area (Å²) >= 11 is 0. The lowest BCUT2D eigenvalue weighted by atomic mass is 10.3. The van der Waals surface area contributed by atoms with E-state index in [0.29, 0.717) is 19.7 Å². The van der Waals surface area contributed by atoms with Gasteiger partial charge in [-0.2, -0.15) is 0 Å². The SMILES string of the molecule is CCNC(=NCc1ccon1)NCCOc1ccccc1. The molecule has 2 rings (SSSR count). The fourth-order valence-electron chi connectivity index (χ4n) is 1.68. The molecule has 6 nitrogen and oxygen atoms in total. The Morgan fingerprint density at radius 2 is 2.10 bits per heavy atom. The molecular weight excluding hydrogens is 268 g/mol. The minimum Gasteiger partial charge on any atom is -0.492 e. The highest BCUT2D eigenvalue weighted by atomic mass is 16.5. The molecule has 1 aromatic carbocycles. The Hall–Kier alpha value is -2.50. The number of nitrogens with one attached hydrogen (secondary N) is 2. The van der Waals surface area contributed by atoms with E-state index in [-0.39, 0.29) is 0 Å². The Labute approximate surface area is 124 Å². The number of rotatable bonds is 7. The molecule has 0 radical (unpaired) electrons. The van der Waals surface area contributed by atoms with Crippen molar-refractivity contribution in [1.29, 1.82) is 0 Å². The molecule has 0 saturated heterocycles. The normalized spacial score (nSPS) is 11.2. The number of para-hydroxylation sites is 1. The summed E-state index contributed by atoms with van der Waals surface area (Å²) < 4.78 is 10.4. The first-order valence-corrected chi connectivity index (χ1v) is 6.97. The summed E-state index contributed by atoms with van der Waals surface area (Å²) in [5.74, 6) is 1.60. The molecule has 0 aliphatic heterocycles. The fourth-order valence-corrected chi connectivity index (χ4v) is 1.68. The number of hydrogen-bond donors (Lipinski definition) is 2. The molecule has 1 heterocycles. The number of guanidine groups is 1. The van der Waals surface area contributed by atoms with Crippen LogP contribution in [0.4, 0.5) is 0 Å². The van der Waals surface area contributed by atoms with E-state index in [0.717, 1.165) is 23.9 Å². The molecule has 1 aromatic heterocycles. The Kier molecular flexibility index (Phi) is 6.12. The fraction of sp³-hybridized carbons (Fsp3) is 0.333. The van der Waals surface area contributed by atoms with Crippen molar-refractivity contribution in [1.82, 2.24) is 15.8 Å². The highest BCUT2D eigenvalue weighted by Gasteiger charge is 1.99. The van der Waals surface area contributed by atoms with E-state index >= 15 is 0 Å². The van der Waals surface area contributed by atoms with Crippen LogP contribution >= 0.6 is 0 Å². The van der Waals surface area contributed by atoms with Gasteiger partial charge in [-0.3, -0.25) is 0 Å². The number of hydrogen-bond acceptors (Lipinski definition) is 4. The molecule has 0 aliphatic rings. The van der Waals surface area contributed by atoms with Crippen molar-refractivity contribution < 1.29 is 9.26 Å². The van der Waals surface area contributed by atoms with Gasteiger partial charge in [0.1, 0.15) is 24.3 Å². The lowest BCUT2D eigenvalue weighted by Crippen LogP contribution is -2.39. The summed E-state index contributed by atoms with van der Waals surface area (Å²) in [4.78, 5) is 4.42. The van der Waals surface area contributed by atoms with Gasteiger partial charge in [0, 0.05) is 12.6 Å². The predicted molar refractivity (Wildman–Crippen MR) is 81.3 cm³/mol. The molecule has 21 heavy (non-hydrogen) atoms. The quantitative estimate of drug-likeness (QED) is 0.462. The third-order valence-corrected chi connectivity index (χ3v) is 2.64. The summed E-state index contributed by atoms with van der Waals surface area (Å²) in [6.45, 7) is 4.53. The maximum Gasteiger partial charge on any atom is 0.191 e. The molecule has 2 N–H and O–H groups in total. The predicted octanol–water partition coefficient (Wildman–Crippen LogP) is 1.81. The van der Waals surface area contributed by atoms with Gasteiger partial charge in [0.2, 0.25) is 0 Å². The van der Waals surface area contributed by atoms with E-state index in [1.54, 1.807) is 12.3 Å². The van der Waals surface area contributed by atoms with E-state index in [1.807, 2.05) is 37.3 Å². The third kappa shape index (κ3) is 5.56. The van der Waals surface area contributed by atoms with Crippen molar-refractivity contribution in [3.63, 3.8) is 0 Å². The second-order valence-corrected chi connectivity index (χ2v) is 4.27. The monoisotopic (exact) mass is 288 g/mol. The van der Waals surface area contributed by atoms with Crippen LogP contribution in [-0.4, -0.2) is 30.8 Å². The maximum absolute atomic E-state index is 5.61. The first kappa shape index (κ1) is 14.9. The molecule has 0 amide bonds. The smallest absolute Gasteiger partial charge is 0.191 e. The largest absolute Gasteiger partial charge is 0.492 e. The van der Waals surface area contributed by atoms with Gasteiger partial charge < -0.3 is 19.9 Å². The van der Waals surface area contributed by atoms with Crippen LogP contribution in [0.3, 0.4) is 0 Å². The molecule has 0 unspecified atom stereocenters. The van der Waals surface area contributed by atoms with Gasteiger partial charge in [-0.15, -0.1) is 0 Å². The topological polar surface area (TPSA) is 71.7 Å². The number of aromatic nitrogens is 1. The van der Waals surface area contributed by atoms with Crippen LogP contribution in [0.15, 0.2) is 52.2 Å². The van der Waals surface area contributed by atoms with E-state index in [2.05, 4.69) is 20.8 Å². The van der Waals surface area contributed by atoms with Gasteiger partial charge in [0.15, 0.2) is 5.96 Å². The molecule has 6 heteroatoms. The van der Waals surface area contributed by atoms with Crippen molar-refractivity contribution in [2.75, 3.05) is 19.7 Å². The summed E-state index contributed by atoms with van der Waals surface area (Å²) in [6.07, 6.45) is 1.54. The number of aliphatic imine (C=N–C) groups is 1. The van der Waals surface area contributed by atoms with Crippen LogP contribution in [0.2, 0.25) is 0 Å². The first-order valence-electron chi connectivity index (χ1n) is 6.97. The Morgan fingerprint density at radius 3 is 2.81 bits per heavy atom. The van der Waals surface area contributed by atoms with Crippen molar-refractivity contribution in [2.24, 2.45) is 4.99 Å². The molecule has 0 spiro atoms. The molecule has 0 aliphatic carbocycles. The van der Waals surface area contributed by atoms with Crippen LogP contribution in [0.5, 0.6) is 5.75 Å². The lowest BCUT2D eigenvalue weighted by Gasteiger charge is -2.11. The van der Waals surface area contributed by atoms with Crippen LogP contribution in [0.1, 0.15) is 12.6 Å². The van der Waals surface area contributed by atoms with E-state index in [9.17, 15) is 0 Å². The van der Waals surface area contributed by atoms with Gasteiger partial charge in [0.25, 0.3) is 0 Å². The number of benzene rings is 1. The minimum atomic E-state index is 0.478. The van der Waals surface area contributed by atoms with Gasteiger partial charge in [-0.05, 0) is 19.1 Å². The van der Waals surface area contributed by atoms with Gasteiger partial charge in [-0.25, -0.2) is 4.99 Å². The third-order valence-electron chi connectivity index (χ3n) is 2.64. The highest BCUT2D eigenvalue weighted by Crippen LogP contribution is 2.07. The van der Waals surface area contributed by atoms with Crippen LogP contribution in [-0.2, 0) is 6.54 Å². The zero-order valence-electron chi connectivity index (χ0n) is 12.1. The van der Waals surface area contributed by atoms with Crippen molar-refractivity contribution >= 4 is 5.96 Å². The van der Waals surface area contributed by atoms with E-state index in [1.165, 1.54) is 0 Å². The van der Waals surface area contributed by atoms with Crippen LogP contribution in [0, 0.1) is 0 Å². The molecule has 0 saturated carbocycles. The van der Waals surface area contributed by atoms with E-state index in [4.69, 9.17) is 9.26 Å². The molecule has 0 atom stereocenters. The van der Waals surface area contributed by atoms with Crippen LogP contribution in [0.25, 0.3) is 0 Å². The highest BCUT2D eigenvalue weighted by molar-refractivity contribution is 5.79. The molecule has 2 aromatic rings. The van der Waals surface area contributed by atoms with Gasteiger partial charge in [-0.1, -0.05) is 23.4 Å². The summed E-state index contributed by atoms with van der Waals surface area (Å²) in [6, 6.07) is 11.5. The second kappa shape index (κ2) is 8.63. The average Bonchev–Trinajstić information content (AvgIpc) is 3.03. The Balaban J connectivity index is 1.73. The Morgan fingerprint density at radius 1 is 1.24 bits per heavy atom. The van der Waals surface area contributed by atoms with Crippen molar-refractivity contribution in [3.8, 4) is 5.75 Å². The van der Waals surface area contributed by atoms with E-state index < -0.39 is 0 Å². The van der Waals surface area contributed by atoms with Gasteiger partial charge >= 0.3 is 0 Å². The molecular formula is C15H20N4O2. The summed E-state index contributed by atoms with van der Waals surface area (Å²) in [5, 5.41) is 10.2. The summed E-state index contributed by atoms with van der Waals surface area (Å²) in [7, 11) is 0. The molecule has 112 valence electrons. The molecule has 0 bridgehead atoms. The molecule has 0 fully saturated rings. The van der Waals surface area contributed by atoms with Crippen LogP contribution < -0.4 is 15.4 Å². The zero-order chi connectivity index (χ0) is 14.8. The van der Waals surface area contributed by atoms with Crippen molar-refractivity contribution in [3.05, 3.63) is 48.4 Å². The average molecular weight is 288 g/mol. The zero-order valence-corrected chi connectivity index (χ0v) is 12.1. The lowest BCUT2D eigenvalue weighted by molar-refractivity contribution is 0.322. The van der Waals surface area contributed by atoms with Crippen molar-refractivity contribution in [2.45, 2.75) is 13.5 Å². The number of nitrogens with zero attached hydrogens (tertiary/aromatic N) is 2. The van der Waals surface area contributed by atoms with Gasteiger partial charge in [0.05, 0.1) is 13.1 Å². The summed E-state index contributed by atoms with van der Waals surface area (Å²) in [5.41, 5.74) is 0.799.